The fourth-order valence-corrected chi connectivity index (χ4v) is 7.16. The Morgan fingerprint density at radius 3 is 1.71 bits per heavy atom. The fourth-order valence-electron chi connectivity index (χ4n) is 6.43. The van der Waals surface area contributed by atoms with E-state index in [9.17, 15) is 5.11 Å². The molecule has 1 N–H and O–H groups in total. The molecule has 1 heterocycles. The van der Waals surface area contributed by atoms with Gasteiger partial charge in [-0.1, -0.05) is 117 Å². The zero-order valence-corrected chi connectivity index (χ0v) is 24.9. The van der Waals surface area contributed by atoms with Gasteiger partial charge in [-0.2, -0.15) is 0 Å². The number of hydrogen-bond donors (Lipinski definition) is 1. The highest BCUT2D eigenvalue weighted by atomic mass is 79.9. The molecule has 196 valence electrons. The van der Waals surface area contributed by atoms with Gasteiger partial charge in [0.2, 0.25) is 0 Å². The maximum atomic E-state index is 13.4. The quantitative estimate of drug-likeness (QED) is 0.201. The number of furan rings is 1. The molecule has 0 saturated carbocycles. The first-order valence-corrected chi connectivity index (χ1v) is 15.0. The summed E-state index contributed by atoms with van der Waals surface area (Å²) in [5, 5.41) is 15.5. The molecule has 4 heteroatoms. The largest absolute Gasteiger partial charge is 0.456 e. The SMILES string of the molecule is OC1(c2ccccc2-c2ccc3c(c2)oc2ccccc23)c2cc(Br)ccc2-c2ccccc2-c2ccc(Br)cc21. The number of halogens is 2. The Hall–Kier alpha value is -3.96. The van der Waals surface area contributed by atoms with Gasteiger partial charge in [0, 0.05) is 36.4 Å². The molecule has 0 amide bonds. The molecule has 6 aromatic carbocycles. The molecule has 1 aliphatic carbocycles. The summed E-state index contributed by atoms with van der Waals surface area (Å²) in [7, 11) is 0. The average molecular weight is 658 g/mol. The van der Waals surface area contributed by atoms with Crippen molar-refractivity contribution in [1.82, 2.24) is 0 Å². The predicted octanol–water partition coefficient (Wildman–Crippen LogP) is 10.7. The number of fused-ring (bicyclic) bond motifs is 8. The van der Waals surface area contributed by atoms with E-state index in [1.807, 2.05) is 48.5 Å². The van der Waals surface area contributed by atoms with Crippen LogP contribution in [0.2, 0.25) is 0 Å². The Balaban J connectivity index is 1.46. The van der Waals surface area contributed by atoms with Crippen LogP contribution in [0.5, 0.6) is 0 Å². The average Bonchev–Trinajstić information content (AvgIpc) is 3.35. The van der Waals surface area contributed by atoms with Crippen LogP contribution in [0.4, 0.5) is 0 Å². The van der Waals surface area contributed by atoms with Gasteiger partial charge in [0.25, 0.3) is 0 Å². The third-order valence-corrected chi connectivity index (χ3v) is 9.24. The van der Waals surface area contributed by atoms with Crippen molar-refractivity contribution in [2.45, 2.75) is 5.60 Å². The van der Waals surface area contributed by atoms with Crippen LogP contribution in [0, 0.1) is 0 Å². The van der Waals surface area contributed by atoms with E-state index in [0.717, 1.165) is 81.0 Å². The standard InChI is InChI=1S/C37H22Br2O2/c38-23-14-17-28-26-8-1-2-9-27(26)29-18-15-24(39)21-34(29)37(40,33(28)20-23)32-11-5-3-7-25(32)22-13-16-31-30-10-4-6-12-35(30)41-36(31)19-22/h1-21,40H. The molecule has 0 spiro atoms. The van der Waals surface area contributed by atoms with Crippen LogP contribution >= 0.6 is 31.9 Å². The minimum atomic E-state index is -1.46. The monoisotopic (exact) mass is 656 g/mol. The maximum absolute atomic E-state index is 13.4. The summed E-state index contributed by atoms with van der Waals surface area (Å²) in [6.07, 6.45) is 0. The van der Waals surface area contributed by atoms with Crippen molar-refractivity contribution in [1.29, 1.82) is 0 Å². The van der Waals surface area contributed by atoms with Gasteiger partial charge >= 0.3 is 0 Å². The zero-order valence-electron chi connectivity index (χ0n) is 21.7. The summed E-state index contributed by atoms with van der Waals surface area (Å²) < 4.78 is 8.07. The van der Waals surface area contributed by atoms with E-state index in [-0.39, 0.29) is 0 Å². The van der Waals surface area contributed by atoms with Crippen molar-refractivity contribution in [3.05, 3.63) is 153 Å². The van der Waals surface area contributed by atoms with Crippen LogP contribution in [-0.4, -0.2) is 5.11 Å². The van der Waals surface area contributed by atoms with Gasteiger partial charge in [-0.15, -0.1) is 0 Å². The molecule has 0 bridgehead atoms. The summed E-state index contributed by atoms with van der Waals surface area (Å²) in [6.45, 7) is 0. The van der Waals surface area contributed by atoms with Gasteiger partial charge in [0.1, 0.15) is 16.8 Å². The number of para-hydroxylation sites is 1. The summed E-state index contributed by atoms with van der Waals surface area (Å²) in [4.78, 5) is 0. The lowest BCUT2D eigenvalue weighted by atomic mass is 9.75. The Labute approximate surface area is 254 Å². The van der Waals surface area contributed by atoms with Crippen LogP contribution in [0.3, 0.4) is 0 Å². The van der Waals surface area contributed by atoms with Gasteiger partial charge in [-0.05, 0) is 75.8 Å². The van der Waals surface area contributed by atoms with Gasteiger partial charge in [-0.3, -0.25) is 0 Å². The molecule has 1 aromatic heterocycles. The Morgan fingerprint density at radius 1 is 0.463 bits per heavy atom. The smallest absolute Gasteiger partial charge is 0.142 e. The fraction of sp³-hybridized carbons (Fsp3) is 0.0270. The molecule has 0 aliphatic heterocycles. The highest BCUT2D eigenvalue weighted by Gasteiger charge is 2.42. The van der Waals surface area contributed by atoms with Crippen LogP contribution in [0.15, 0.2) is 141 Å². The number of rotatable bonds is 2. The number of hydrogen-bond acceptors (Lipinski definition) is 2. The first-order chi connectivity index (χ1) is 20.0. The lowest BCUT2D eigenvalue weighted by Crippen LogP contribution is -2.30. The molecule has 8 rings (SSSR count). The second kappa shape index (κ2) is 9.28. The topological polar surface area (TPSA) is 33.4 Å². The highest BCUT2D eigenvalue weighted by Crippen LogP contribution is 2.53. The third kappa shape index (κ3) is 3.71. The second-order valence-corrected chi connectivity index (χ2v) is 12.3. The minimum Gasteiger partial charge on any atom is -0.456 e. The molecule has 0 fully saturated rings. The third-order valence-electron chi connectivity index (χ3n) is 8.26. The maximum Gasteiger partial charge on any atom is 0.142 e. The van der Waals surface area contributed by atoms with Gasteiger partial charge in [0.05, 0.1) is 0 Å². The Kier molecular flexibility index (Phi) is 5.62. The van der Waals surface area contributed by atoms with Crippen molar-refractivity contribution in [2.75, 3.05) is 0 Å². The number of aliphatic hydroxyl groups is 1. The lowest BCUT2D eigenvalue weighted by molar-refractivity contribution is 0.127. The minimum absolute atomic E-state index is 0.807. The van der Waals surface area contributed by atoms with E-state index < -0.39 is 5.60 Å². The van der Waals surface area contributed by atoms with Crippen molar-refractivity contribution >= 4 is 53.8 Å². The second-order valence-electron chi connectivity index (χ2n) is 10.5. The van der Waals surface area contributed by atoms with Crippen LogP contribution in [-0.2, 0) is 5.60 Å². The van der Waals surface area contributed by atoms with E-state index in [4.69, 9.17) is 4.42 Å². The summed E-state index contributed by atoms with van der Waals surface area (Å²) >= 11 is 7.42. The Morgan fingerprint density at radius 2 is 1.02 bits per heavy atom. The molecule has 0 saturated heterocycles. The molecular weight excluding hydrogens is 636 g/mol. The van der Waals surface area contributed by atoms with E-state index in [0.29, 0.717) is 0 Å². The van der Waals surface area contributed by atoms with E-state index in [2.05, 4.69) is 111 Å². The highest BCUT2D eigenvalue weighted by molar-refractivity contribution is 9.10. The van der Waals surface area contributed by atoms with Crippen molar-refractivity contribution < 1.29 is 9.52 Å². The first-order valence-electron chi connectivity index (χ1n) is 13.5. The molecule has 41 heavy (non-hydrogen) atoms. The van der Waals surface area contributed by atoms with E-state index in [1.165, 1.54) is 0 Å². The van der Waals surface area contributed by atoms with E-state index in [1.54, 1.807) is 0 Å². The van der Waals surface area contributed by atoms with Crippen molar-refractivity contribution in [3.8, 4) is 33.4 Å². The van der Waals surface area contributed by atoms with Gasteiger partial charge < -0.3 is 9.52 Å². The Bertz CT molecular complexity index is 2080. The van der Waals surface area contributed by atoms with Crippen molar-refractivity contribution in [2.24, 2.45) is 0 Å². The molecule has 7 aromatic rings. The number of benzene rings is 6. The molecule has 0 radical (unpaired) electrons. The van der Waals surface area contributed by atoms with Crippen LogP contribution in [0.25, 0.3) is 55.3 Å². The molecule has 0 atom stereocenters. The predicted molar refractivity (Wildman–Crippen MR) is 174 cm³/mol. The lowest BCUT2D eigenvalue weighted by Gasteiger charge is -2.34. The normalized spacial score (nSPS) is 13.4. The molecule has 0 unspecified atom stereocenters. The van der Waals surface area contributed by atoms with Crippen molar-refractivity contribution in [3.63, 3.8) is 0 Å². The van der Waals surface area contributed by atoms with Crippen LogP contribution < -0.4 is 0 Å². The van der Waals surface area contributed by atoms with Gasteiger partial charge in [0.15, 0.2) is 0 Å². The van der Waals surface area contributed by atoms with Crippen LogP contribution in [0.1, 0.15) is 16.7 Å². The summed E-state index contributed by atoms with van der Waals surface area (Å²) in [5.41, 5.74) is 8.81. The first kappa shape index (κ1) is 24.8. The van der Waals surface area contributed by atoms with E-state index >= 15 is 0 Å². The molecule has 1 aliphatic rings. The summed E-state index contributed by atoms with van der Waals surface area (Å²) in [5.74, 6) is 0. The van der Waals surface area contributed by atoms with Gasteiger partial charge in [-0.25, -0.2) is 0 Å². The zero-order chi connectivity index (χ0) is 27.7. The molecule has 2 nitrogen and oxygen atoms in total. The molecular formula is C37H22Br2O2. The summed E-state index contributed by atoms with van der Waals surface area (Å²) in [6, 6.07) is 43.4.